The molecule has 0 amide bonds. The highest BCUT2D eigenvalue weighted by atomic mass is 79.9. The Balaban J connectivity index is 3.31. The van der Waals surface area contributed by atoms with Crippen molar-refractivity contribution in [3.63, 3.8) is 0 Å². The van der Waals surface area contributed by atoms with Crippen molar-refractivity contribution in [3.8, 4) is 0 Å². The third-order valence-corrected chi connectivity index (χ3v) is 1.69. The minimum Gasteiger partial charge on any atom is -0.303 e. The second kappa shape index (κ2) is 5.24. The van der Waals surface area contributed by atoms with E-state index in [2.05, 4.69) is 41.6 Å². The lowest BCUT2D eigenvalue weighted by Crippen LogP contribution is -2.28. The molecule has 0 aliphatic rings. The average molecular weight is 194 g/mol. The molecule has 0 N–H and O–H groups in total. The molecule has 1 unspecified atom stereocenters. The first-order valence-electron chi connectivity index (χ1n) is 3.57. The second-order valence-electron chi connectivity index (χ2n) is 2.27. The van der Waals surface area contributed by atoms with Gasteiger partial charge in [0.2, 0.25) is 0 Å². The van der Waals surface area contributed by atoms with Gasteiger partial charge in [-0.1, -0.05) is 36.7 Å². The van der Waals surface area contributed by atoms with Crippen LogP contribution in [-0.4, -0.2) is 29.4 Å². The van der Waals surface area contributed by atoms with Gasteiger partial charge >= 0.3 is 0 Å². The highest BCUT2D eigenvalue weighted by Gasteiger charge is 2.01. The summed E-state index contributed by atoms with van der Waals surface area (Å²) >= 11 is 3.51. The normalized spacial score (nSPS) is 14.3. The first kappa shape index (κ1) is 9.44. The summed E-state index contributed by atoms with van der Waals surface area (Å²) in [6.45, 7) is 10.0. The van der Waals surface area contributed by atoms with E-state index < -0.39 is 0 Å². The Labute approximate surface area is 66.6 Å². The lowest BCUT2D eigenvalue weighted by Gasteiger charge is -2.18. The van der Waals surface area contributed by atoms with Crippen LogP contribution in [-0.2, 0) is 0 Å². The number of nitrogens with zero attached hydrogens (tertiary/aromatic N) is 1. The predicted molar refractivity (Wildman–Crippen MR) is 46.2 cm³/mol. The zero-order valence-corrected chi connectivity index (χ0v) is 8.11. The van der Waals surface area contributed by atoms with Gasteiger partial charge in [0.15, 0.2) is 0 Å². The van der Waals surface area contributed by atoms with Gasteiger partial charge < -0.3 is 4.90 Å². The molecule has 2 heteroatoms. The summed E-state index contributed by atoms with van der Waals surface area (Å²) in [5, 5.41) is 0. The van der Waals surface area contributed by atoms with Gasteiger partial charge in [-0.3, -0.25) is 0 Å². The van der Waals surface area contributed by atoms with Crippen LogP contribution in [0.4, 0.5) is 0 Å². The van der Waals surface area contributed by atoms with Gasteiger partial charge in [0.25, 0.3) is 0 Å². The van der Waals surface area contributed by atoms with Crippen LogP contribution in [0.5, 0.6) is 0 Å². The maximum atomic E-state index is 3.51. The average Bonchev–Trinajstić information content (AvgIpc) is 1.82. The summed E-state index contributed by atoms with van der Waals surface area (Å²) < 4.78 is 0. The molecule has 9 heavy (non-hydrogen) atoms. The van der Waals surface area contributed by atoms with E-state index in [1.807, 2.05) is 0 Å². The van der Waals surface area contributed by atoms with Crippen LogP contribution in [0.25, 0.3) is 0 Å². The molecule has 0 rings (SSSR count). The van der Waals surface area contributed by atoms with Crippen molar-refractivity contribution in [2.75, 3.05) is 19.6 Å². The monoisotopic (exact) mass is 193 g/mol. The number of halogens is 1. The number of alkyl halides is 1. The lowest BCUT2D eigenvalue weighted by molar-refractivity contribution is 0.309. The van der Waals surface area contributed by atoms with Crippen LogP contribution in [0.1, 0.15) is 20.8 Å². The molecule has 0 bridgehead atoms. The van der Waals surface area contributed by atoms with Crippen LogP contribution in [0.2, 0.25) is 0 Å². The molecule has 0 aromatic rings. The quantitative estimate of drug-likeness (QED) is 0.619. The summed E-state index contributed by atoms with van der Waals surface area (Å²) in [5.41, 5.74) is 0. The molecule has 0 aliphatic carbocycles. The molecule has 0 fully saturated rings. The standard InChI is InChI=1S/C7H16BrN/c1-4-9(5-2)6-7(3)8/h7H,4-6H2,1-3H3. The van der Waals surface area contributed by atoms with Crippen LogP contribution in [0, 0.1) is 0 Å². The van der Waals surface area contributed by atoms with Crippen molar-refractivity contribution in [1.82, 2.24) is 4.90 Å². The van der Waals surface area contributed by atoms with Crippen molar-refractivity contribution in [3.05, 3.63) is 0 Å². The topological polar surface area (TPSA) is 3.24 Å². The Morgan fingerprint density at radius 1 is 1.33 bits per heavy atom. The molecule has 56 valence electrons. The fourth-order valence-electron chi connectivity index (χ4n) is 0.838. The highest BCUT2D eigenvalue weighted by Crippen LogP contribution is 1.99. The second-order valence-corrected chi connectivity index (χ2v) is 3.83. The van der Waals surface area contributed by atoms with Crippen LogP contribution in [0.3, 0.4) is 0 Å². The molecule has 0 aliphatic heterocycles. The van der Waals surface area contributed by atoms with E-state index in [1.165, 1.54) is 0 Å². The molecule has 1 atom stereocenters. The third kappa shape index (κ3) is 4.91. The largest absolute Gasteiger partial charge is 0.303 e. The van der Waals surface area contributed by atoms with E-state index in [4.69, 9.17) is 0 Å². The van der Waals surface area contributed by atoms with Gasteiger partial charge in [0, 0.05) is 11.4 Å². The van der Waals surface area contributed by atoms with Gasteiger partial charge in [-0.05, 0) is 13.1 Å². The molecular weight excluding hydrogens is 178 g/mol. The third-order valence-electron chi connectivity index (χ3n) is 1.40. The van der Waals surface area contributed by atoms with Crippen molar-refractivity contribution in [2.24, 2.45) is 0 Å². The lowest BCUT2D eigenvalue weighted by atomic mass is 10.4. The van der Waals surface area contributed by atoms with Crippen molar-refractivity contribution >= 4 is 15.9 Å². The minimum absolute atomic E-state index is 0.623. The summed E-state index contributed by atoms with van der Waals surface area (Å²) in [7, 11) is 0. The van der Waals surface area contributed by atoms with Gasteiger partial charge in [-0.15, -0.1) is 0 Å². The molecule has 0 aromatic heterocycles. The molecule has 0 saturated heterocycles. The first-order chi connectivity index (χ1) is 4.20. The van der Waals surface area contributed by atoms with Gasteiger partial charge in [-0.2, -0.15) is 0 Å². The van der Waals surface area contributed by atoms with Gasteiger partial charge in [0.05, 0.1) is 0 Å². The Bertz CT molecular complexity index is 59.9. The van der Waals surface area contributed by atoms with E-state index in [-0.39, 0.29) is 0 Å². The fraction of sp³-hybridized carbons (Fsp3) is 1.00. The van der Waals surface area contributed by atoms with Crippen molar-refractivity contribution in [2.45, 2.75) is 25.6 Å². The van der Waals surface area contributed by atoms with Gasteiger partial charge in [-0.25, -0.2) is 0 Å². The Kier molecular flexibility index (Phi) is 5.50. The van der Waals surface area contributed by atoms with Crippen molar-refractivity contribution in [1.29, 1.82) is 0 Å². The SMILES string of the molecule is CCN(CC)CC(C)Br. The summed E-state index contributed by atoms with van der Waals surface area (Å²) in [4.78, 5) is 3.02. The minimum atomic E-state index is 0.623. The maximum absolute atomic E-state index is 3.51. The highest BCUT2D eigenvalue weighted by molar-refractivity contribution is 9.09. The smallest absolute Gasteiger partial charge is 0.0244 e. The van der Waals surface area contributed by atoms with Crippen LogP contribution in [0.15, 0.2) is 0 Å². The van der Waals surface area contributed by atoms with Crippen molar-refractivity contribution < 1.29 is 0 Å². The molecule has 1 nitrogen and oxygen atoms in total. The van der Waals surface area contributed by atoms with E-state index in [9.17, 15) is 0 Å². The predicted octanol–water partition coefficient (Wildman–Crippen LogP) is 2.11. The Morgan fingerprint density at radius 3 is 1.89 bits per heavy atom. The summed E-state index contributed by atoms with van der Waals surface area (Å²) in [6.07, 6.45) is 0. The fourth-order valence-corrected chi connectivity index (χ4v) is 1.25. The molecule has 0 aromatic carbocycles. The van der Waals surface area contributed by atoms with Crippen LogP contribution >= 0.6 is 15.9 Å². The molecule has 0 spiro atoms. The van der Waals surface area contributed by atoms with E-state index in [0.717, 1.165) is 19.6 Å². The first-order valence-corrected chi connectivity index (χ1v) is 4.48. The molecular formula is C7H16BrN. The van der Waals surface area contributed by atoms with E-state index in [1.54, 1.807) is 0 Å². The summed E-state index contributed by atoms with van der Waals surface area (Å²) in [5.74, 6) is 0. The zero-order chi connectivity index (χ0) is 7.28. The molecule has 0 heterocycles. The van der Waals surface area contributed by atoms with Crippen LogP contribution < -0.4 is 0 Å². The maximum Gasteiger partial charge on any atom is 0.0244 e. The van der Waals surface area contributed by atoms with E-state index >= 15 is 0 Å². The number of rotatable bonds is 4. The molecule has 0 radical (unpaired) electrons. The van der Waals surface area contributed by atoms with E-state index in [0.29, 0.717) is 4.83 Å². The number of hydrogen-bond acceptors (Lipinski definition) is 1. The zero-order valence-electron chi connectivity index (χ0n) is 6.52. The Morgan fingerprint density at radius 2 is 1.78 bits per heavy atom. The summed E-state index contributed by atoms with van der Waals surface area (Å²) in [6, 6.07) is 0. The Hall–Kier alpha value is 0.440. The van der Waals surface area contributed by atoms with Gasteiger partial charge in [0.1, 0.15) is 0 Å². The molecule has 0 saturated carbocycles. The number of hydrogen-bond donors (Lipinski definition) is 0.